The van der Waals surface area contributed by atoms with Crippen LogP contribution in [-0.2, 0) is 13.2 Å². The number of nitrogens with one attached hydrogen (secondary N) is 1. The second-order valence-corrected chi connectivity index (χ2v) is 4.46. The average molecular weight is 281 g/mol. The van der Waals surface area contributed by atoms with Gasteiger partial charge in [-0.2, -0.15) is 0 Å². The molecule has 0 spiro atoms. The second kappa shape index (κ2) is 6.50. The van der Waals surface area contributed by atoms with E-state index in [9.17, 15) is 4.39 Å². The standard InChI is InChI=1S/C14H14ClFN2O/c1-17-7-10-2-4-12(18-8-10)9-19-14-5-3-11(16)6-13(14)15/h2-6,8,17H,7,9H2,1H3. The quantitative estimate of drug-likeness (QED) is 0.913. The van der Waals surface area contributed by atoms with E-state index in [-0.39, 0.29) is 10.8 Å². The van der Waals surface area contributed by atoms with Crippen molar-refractivity contribution in [3.05, 3.63) is 58.6 Å². The minimum absolute atomic E-state index is 0.256. The van der Waals surface area contributed by atoms with Crippen molar-refractivity contribution in [2.75, 3.05) is 7.05 Å². The van der Waals surface area contributed by atoms with E-state index in [1.165, 1.54) is 18.2 Å². The fourth-order valence-electron chi connectivity index (χ4n) is 1.59. The monoisotopic (exact) mass is 280 g/mol. The Morgan fingerprint density at radius 1 is 1.32 bits per heavy atom. The van der Waals surface area contributed by atoms with Crippen molar-refractivity contribution in [3.8, 4) is 5.75 Å². The van der Waals surface area contributed by atoms with E-state index in [0.29, 0.717) is 12.4 Å². The molecule has 3 nitrogen and oxygen atoms in total. The van der Waals surface area contributed by atoms with Crippen molar-refractivity contribution in [2.24, 2.45) is 0 Å². The molecular weight excluding hydrogens is 267 g/mol. The van der Waals surface area contributed by atoms with Gasteiger partial charge in [-0.1, -0.05) is 17.7 Å². The molecule has 0 atom stereocenters. The van der Waals surface area contributed by atoms with Crippen LogP contribution in [0.4, 0.5) is 4.39 Å². The van der Waals surface area contributed by atoms with E-state index in [0.717, 1.165) is 17.8 Å². The lowest BCUT2D eigenvalue weighted by Crippen LogP contribution is -2.06. The van der Waals surface area contributed by atoms with Crippen molar-refractivity contribution in [2.45, 2.75) is 13.2 Å². The van der Waals surface area contributed by atoms with E-state index < -0.39 is 0 Å². The molecule has 0 unspecified atom stereocenters. The van der Waals surface area contributed by atoms with E-state index >= 15 is 0 Å². The maximum Gasteiger partial charge on any atom is 0.138 e. The number of halogens is 2. The topological polar surface area (TPSA) is 34.1 Å². The first-order valence-electron chi connectivity index (χ1n) is 5.85. The number of nitrogens with zero attached hydrogens (tertiary/aromatic N) is 1. The van der Waals surface area contributed by atoms with Gasteiger partial charge in [-0.25, -0.2) is 4.39 Å². The third-order valence-electron chi connectivity index (χ3n) is 2.54. The van der Waals surface area contributed by atoms with Gasteiger partial charge in [0.1, 0.15) is 18.2 Å². The van der Waals surface area contributed by atoms with E-state index in [2.05, 4.69) is 10.3 Å². The summed E-state index contributed by atoms with van der Waals surface area (Å²) in [7, 11) is 1.88. The molecule has 0 aliphatic carbocycles. The minimum Gasteiger partial charge on any atom is -0.486 e. The Bertz CT molecular complexity index is 546. The Kier molecular flexibility index (Phi) is 4.71. The lowest BCUT2D eigenvalue weighted by Gasteiger charge is -2.08. The Morgan fingerprint density at radius 2 is 2.16 bits per heavy atom. The normalized spacial score (nSPS) is 10.5. The number of rotatable bonds is 5. The summed E-state index contributed by atoms with van der Waals surface area (Å²) in [4.78, 5) is 4.28. The highest BCUT2D eigenvalue weighted by molar-refractivity contribution is 6.32. The molecule has 0 radical (unpaired) electrons. The first-order chi connectivity index (χ1) is 9.19. The van der Waals surface area contributed by atoms with Crippen LogP contribution >= 0.6 is 11.6 Å². The van der Waals surface area contributed by atoms with Gasteiger partial charge in [0.25, 0.3) is 0 Å². The Balaban J connectivity index is 1.98. The largest absolute Gasteiger partial charge is 0.486 e. The average Bonchev–Trinajstić information content (AvgIpc) is 2.40. The van der Waals surface area contributed by atoms with Crippen molar-refractivity contribution >= 4 is 11.6 Å². The molecule has 0 bridgehead atoms. The fraction of sp³-hybridized carbons (Fsp3) is 0.214. The molecule has 100 valence electrons. The molecule has 5 heteroatoms. The van der Waals surface area contributed by atoms with Crippen molar-refractivity contribution in [3.63, 3.8) is 0 Å². The SMILES string of the molecule is CNCc1ccc(COc2ccc(F)cc2Cl)nc1. The second-order valence-electron chi connectivity index (χ2n) is 4.05. The van der Waals surface area contributed by atoms with Gasteiger partial charge in [0.2, 0.25) is 0 Å². The molecular formula is C14H14ClFN2O. The molecule has 1 heterocycles. The molecule has 0 aliphatic heterocycles. The minimum atomic E-state index is -0.383. The van der Waals surface area contributed by atoms with Crippen LogP contribution in [0.5, 0.6) is 5.75 Å². The number of pyridine rings is 1. The maximum absolute atomic E-state index is 12.9. The lowest BCUT2D eigenvalue weighted by molar-refractivity contribution is 0.301. The number of hydrogen-bond donors (Lipinski definition) is 1. The molecule has 0 saturated heterocycles. The molecule has 19 heavy (non-hydrogen) atoms. The summed E-state index contributed by atoms with van der Waals surface area (Å²) in [6, 6.07) is 7.91. The predicted molar refractivity (Wildman–Crippen MR) is 72.7 cm³/mol. The van der Waals surface area contributed by atoms with Gasteiger partial charge >= 0.3 is 0 Å². The van der Waals surface area contributed by atoms with E-state index in [4.69, 9.17) is 16.3 Å². The van der Waals surface area contributed by atoms with Crippen LogP contribution in [0.1, 0.15) is 11.3 Å². The molecule has 0 amide bonds. The van der Waals surface area contributed by atoms with E-state index in [1.807, 2.05) is 19.2 Å². The summed E-state index contributed by atoms with van der Waals surface area (Å²) in [5, 5.41) is 3.31. The highest BCUT2D eigenvalue weighted by Crippen LogP contribution is 2.25. The zero-order chi connectivity index (χ0) is 13.7. The molecule has 1 N–H and O–H groups in total. The smallest absolute Gasteiger partial charge is 0.138 e. The lowest BCUT2D eigenvalue weighted by atomic mass is 10.2. The van der Waals surface area contributed by atoms with E-state index in [1.54, 1.807) is 6.20 Å². The Labute approximate surface area is 116 Å². The molecule has 1 aromatic heterocycles. The summed E-state index contributed by atoms with van der Waals surface area (Å²) in [6.45, 7) is 1.07. The van der Waals surface area contributed by atoms with Gasteiger partial charge in [0.15, 0.2) is 0 Å². The summed E-state index contributed by atoms with van der Waals surface area (Å²) in [6.07, 6.45) is 1.79. The van der Waals surface area contributed by atoms with Gasteiger partial charge in [-0.15, -0.1) is 0 Å². The fourth-order valence-corrected chi connectivity index (χ4v) is 1.81. The summed E-state index contributed by atoms with van der Waals surface area (Å²) in [5.41, 5.74) is 1.89. The van der Waals surface area contributed by atoms with Gasteiger partial charge in [0, 0.05) is 12.7 Å². The van der Waals surface area contributed by atoms with Crippen LogP contribution in [0.25, 0.3) is 0 Å². The van der Waals surface area contributed by atoms with Gasteiger partial charge < -0.3 is 10.1 Å². The molecule has 2 rings (SSSR count). The number of ether oxygens (including phenoxy) is 1. The van der Waals surface area contributed by atoms with Gasteiger partial charge in [-0.3, -0.25) is 4.98 Å². The summed E-state index contributed by atoms with van der Waals surface area (Å²) in [5.74, 6) is 0.0658. The predicted octanol–water partition coefficient (Wildman–Crippen LogP) is 3.17. The van der Waals surface area contributed by atoms with Crippen molar-refractivity contribution < 1.29 is 9.13 Å². The number of benzene rings is 1. The van der Waals surface area contributed by atoms with Crippen LogP contribution in [-0.4, -0.2) is 12.0 Å². The summed E-state index contributed by atoms with van der Waals surface area (Å²) >= 11 is 5.87. The highest BCUT2D eigenvalue weighted by atomic mass is 35.5. The van der Waals surface area contributed by atoms with Crippen LogP contribution in [0.3, 0.4) is 0 Å². The highest BCUT2D eigenvalue weighted by Gasteiger charge is 2.04. The molecule has 1 aromatic carbocycles. The van der Waals surface area contributed by atoms with Crippen LogP contribution in [0, 0.1) is 5.82 Å². The molecule has 0 saturated carbocycles. The number of hydrogen-bond acceptors (Lipinski definition) is 3. The summed E-state index contributed by atoms with van der Waals surface area (Å²) < 4.78 is 18.4. The van der Waals surface area contributed by atoms with Crippen molar-refractivity contribution in [1.29, 1.82) is 0 Å². The van der Waals surface area contributed by atoms with Crippen LogP contribution in [0.15, 0.2) is 36.5 Å². The first-order valence-corrected chi connectivity index (χ1v) is 6.23. The number of aromatic nitrogens is 1. The zero-order valence-corrected chi connectivity index (χ0v) is 11.2. The Morgan fingerprint density at radius 3 is 2.79 bits per heavy atom. The molecule has 2 aromatic rings. The third-order valence-corrected chi connectivity index (χ3v) is 2.83. The van der Waals surface area contributed by atoms with Crippen LogP contribution in [0.2, 0.25) is 5.02 Å². The van der Waals surface area contributed by atoms with Gasteiger partial charge in [0.05, 0.1) is 10.7 Å². The van der Waals surface area contributed by atoms with Crippen LogP contribution < -0.4 is 10.1 Å². The maximum atomic E-state index is 12.9. The third kappa shape index (κ3) is 3.91. The molecule has 0 fully saturated rings. The van der Waals surface area contributed by atoms with Gasteiger partial charge in [-0.05, 0) is 36.9 Å². The zero-order valence-electron chi connectivity index (χ0n) is 10.5. The van der Waals surface area contributed by atoms with Crippen molar-refractivity contribution in [1.82, 2.24) is 10.3 Å². The molecule has 0 aliphatic rings. The first kappa shape index (κ1) is 13.8. The Hall–Kier alpha value is -1.65.